The molecule has 0 bridgehead atoms. The molecule has 0 aliphatic carbocycles. The Balaban J connectivity index is 2.32. The van der Waals surface area contributed by atoms with Gasteiger partial charge in [0.1, 0.15) is 11.5 Å². The monoisotopic (exact) mass is 226 g/mol. The molecule has 0 aliphatic heterocycles. The normalized spacial score (nSPS) is 10.9. The zero-order chi connectivity index (χ0) is 11.8. The number of rotatable bonds is 2. The fourth-order valence-corrected chi connectivity index (χ4v) is 1.97. The molecule has 84 valence electrons. The highest BCUT2D eigenvalue weighted by Gasteiger charge is 2.14. The summed E-state index contributed by atoms with van der Waals surface area (Å²) in [6, 6.07) is 9.47. The summed E-state index contributed by atoms with van der Waals surface area (Å²) < 4.78 is 5.03. The number of aromatic nitrogens is 2. The first-order chi connectivity index (χ1) is 8.29. The van der Waals surface area contributed by atoms with E-state index in [1.54, 1.807) is 6.07 Å². The lowest BCUT2D eigenvalue weighted by molar-refractivity contribution is 0.112. The Morgan fingerprint density at radius 3 is 2.88 bits per heavy atom. The zero-order valence-electron chi connectivity index (χ0n) is 9.23. The largest absolute Gasteiger partial charge is 0.361 e. The van der Waals surface area contributed by atoms with Crippen LogP contribution >= 0.6 is 0 Å². The summed E-state index contributed by atoms with van der Waals surface area (Å²) in [5.74, 6) is 0.718. The average Bonchev–Trinajstić information content (AvgIpc) is 2.91. The molecule has 4 heteroatoms. The lowest BCUT2D eigenvalue weighted by Gasteiger charge is -1.91. The summed E-state index contributed by atoms with van der Waals surface area (Å²) in [5.41, 5.74) is 2.90. The number of aromatic amines is 1. The van der Waals surface area contributed by atoms with Crippen LogP contribution in [-0.2, 0) is 0 Å². The molecule has 17 heavy (non-hydrogen) atoms. The molecule has 0 amide bonds. The van der Waals surface area contributed by atoms with Gasteiger partial charge in [0, 0.05) is 22.5 Å². The van der Waals surface area contributed by atoms with E-state index in [1.165, 1.54) is 0 Å². The molecule has 0 saturated heterocycles. The van der Waals surface area contributed by atoms with Gasteiger partial charge < -0.3 is 9.51 Å². The molecule has 4 nitrogen and oxygen atoms in total. The molecule has 2 heterocycles. The molecule has 0 fully saturated rings. The van der Waals surface area contributed by atoms with E-state index in [0.717, 1.165) is 22.9 Å². The first kappa shape index (κ1) is 9.84. The maximum atomic E-state index is 11.2. The van der Waals surface area contributed by atoms with Crippen molar-refractivity contribution in [1.29, 1.82) is 0 Å². The fourth-order valence-electron chi connectivity index (χ4n) is 1.97. The van der Waals surface area contributed by atoms with Gasteiger partial charge >= 0.3 is 0 Å². The summed E-state index contributed by atoms with van der Waals surface area (Å²) in [7, 11) is 0. The quantitative estimate of drug-likeness (QED) is 0.683. The van der Waals surface area contributed by atoms with Gasteiger partial charge in [-0.25, -0.2) is 0 Å². The summed E-state index contributed by atoms with van der Waals surface area (Å²) in [6.45, 7) is 1.82. The second kappa shape index (κ2) is 3.59. The molecule has 0 saturated carbocycles. The lowest BCUT2D eigenvalue weighted by atomic mass is 10.1. The van der Waals surface area contributed by atoms with Gasteiger partial charge in [0.25, 0.3) is 0 Å². The van der Waals surface area contributed by atoms with Crippen molar-refractivity contribution in [3.63, 3.8) is 0 Å². The Hall–Kier alpha value is -2.36. The van der Waals surface area contributed by atoms with Gasteiger partial charge in [-0.1, -0.05) is 23.4 Å². The number of para-hydroxylation sites is 1. The Morgan fingerprint density at radius 2 is 2.18 bits per heavy atom. The van der Waals surface area contributed by atoms with Gasteiger partial charge in [-0.05, 0) is 13.0 Å². The number of hydrogen-bond donors (Lipinski definition) is 1. The molecule has 0 radical (unpaired) electrons. The third kappa shape index (κ3) is 1.45. The van der Waals surface area contributed by atoms with Crippen LogP contribution in [0.25, 0.3) is 22.3 Å². The first-order valence-electron chi connectivity index (χ1n) is 5.29. The molecule has 3 aromatic rings. The third-order valence-electron chi connectivity index (χ3n) is 2.75. The fraction of sp³-hybridized carbons (Fsp3) is 0.0769. The molecule has 0 unspecified atom stereocenters. The van der Waals surface area contributed by atoms with Crippen molar-refractivity contribution in [3.05, 3.63) is 41.7 Å². The topological polar surface area (TPSA) is 58.9 Å². The third-order valence-corrected chi connectivity index (χ3v) is 2.75. The van der Waals surface area contributed by atoms with E-state index in [9.17, 15) is 4.79 Å². The van der Waals surface area contributed by atoms with Crippen molar-refractivity contribution in [2.45, 2.75) is 6.92 Å². The van der Waals surface area contributed by atoms with Crippen LogP contribution in [-0.4, -0.2) is 16.4 Å². The van der Waals surface area contributed by atoms with Crippen LogP contribution in [0.4, 0.5) is 0 Å². The highest BCUT2D eigenvalue weighted by Crippen LogP contribution is 2.28. The maximum absolute atomic E-state index is 11.2. The predicted octanol–water partition coefficient (Wildman–Crippen LogP) is 2.94. The van der Waals surface area contributed by atoms with Crippen LogP contribution in [0.5, 0.6) is 0 Å². The Kier molecular flexibility index (Phi) is 2.08. The Morgan fingerprint density at radius 1 is 1.35 bits per heavy atom. The minimum absolute atomic E-state index is 0.619. The van der Waals surface area contributed by atoms with Crippen molar-refractivity contribution in [2.75, 3.05) is 0 Å². The second-order valence-corrected chi connectivity index (χ2v) is 3.90. The van der Waals surface area contributed by atoms with Crippen LogP contribution in [0.1, 0.15) is 16.1 Å². The minimum Gasteiger partial charge on any atom is -0.361 e. The van der Waals surface area contributed by atoms with Gasteiger partial charge in [-0.15, -0.1) is 0 Å². The van der Waals surface area contributed by atoms with E-state index in [4.69, 9.17) is 4.52 Å². The number of carbonyl (C=O) groups is 1. The molecular weight excluding hydrogens is 216 g/mol. The molecule has 2 aromatic heterocycles. The van der Waals surface area contributed by atoms with E-state index in [-0.39, 0.29) is 0 Å². The number of benzene rings is 1. The van der Waals surface area contributed by atoms with Gasteiger partial charge in [0.2, 0.25) is 0 Å². The molecule has 0 spiro atoms. The highest BCUT2D eigenvalue weighted by molar-refractivity contribution is 6.03. The van der Waals surface area contributed by atoms with Gasteiger partial charge in [0.15, 0.2) is 6.29 Å². The molecule has 0 atom stereocenters. The predicted molar refractivity (Wildman–Crippen MR) is 63.9 cm³/mol. The second-order valence-electron chi connectivity index (χ2n) is 3.90. The number of hydrogen-bond acceptors (Lipinski definition) is 3. The van der Waals surface area contributed by atoms with E-state index >= 15 is 0 Å². The molecule has 1 aromatic carbocycles. The Bertz CT molecular complexity index is 694. The highest BCUT2D eigenvalue weighted by atomic mass is 16.5. The summed E-state index contributed by atoms with van der Waals surface area (Å²) in [4.78, 5) is 14.4. The van der Waals surface area contributed by atoms with Gasteiger partial charge in [-0.3, -0.25) is 4.79 Å². The van der Waals surface area contributed by atoms with Crippen LogP contribution in [0, 0.1) is 6.92 Å². The van der Waals surface area contributed by atoms with E-state index < -0.39 is 0 Å². The SMILES string of the molecule is Cc1cc(-c2[nH]c3ccccc3c2C=O)no1. The maximum Gasteiger partial charge on any atom is 0.152 e. The van der Waals surface area contributed by atoms with Crippen molar-refractivity contribution in [2.24, 2.45) is 0 Å². The molecular formula is C13H10N2O2. The zero-order valence-corrected chi connectivity index (χ0v) is 9.23. The van der Waals surface area contributed by atoms with Crippen LogP contribution in [0.15, 0.2) is 34.9 Å². The van der Waals surface area contributed by atoms with Crippen molar-refractivity contribution >= 4 is 17.2 Å². The smallest absolute Gasteiger partial charge is 0.152 e. The van der Waals surface area contributed by atoms with Crippen molar-refractivity contribution < 1.29 is 9.32 Å². The van der Waals surface area contributed by atoms with Gasteiger partial charge in [0.05, 0.1) is 5.69 Å². The number of carbonyl (C=O) groups excluding carboxylic acids is 1. The standard InChI is InChI=1S/C13H10N2O2/c1-8-6-12(15-17-8)13-10(7-16)9-4-2-3-5-11(9)14-13/h2-7,14H,1H3. The van der Waals surface area contributed by atoms with Crippen LogP contribution in [0.2, 0.25) is 0 Å². The van der Waals surface area contributed by atoms with Crippen LogP contribution < -0.4 is 0 Å². The van der Waals surface area contributed by atoms with Crippen molar-refractivity contribution in [3.8, 4) is 11.4 Å². The van der Waals surface area contributed by atoms with E-state index in [1.807, 2.05) is 31.2 Å². The van der Waals surface area contributed by atoms with Gasteiger partial charge in [-0.2, -0.15) is 0 Å². The molecule has 1 N–H and O–H groups in total. The number of aryl methyl sites for hydroxylation is 1. The number of nitrogens with one attached hydrogen (secondary N) is 1. The lowest BCUT2D eigenvalue weighted by Crippen LogP contribution is -1.83. The number of aldehydes is 1. The molecule has 3 rings (SSSR count). The number of fused-ring (bicyclic) bond motifs is 1. The van der Waals surface area contributed by atoms with Crippen LogP contribution in [0.3, 0.4) is 0 Å². The van der Waals surface area contributed by atoms with E-state index in [2.05, 4.69) is 10.1 Å². The summed E-state index contributed by atoms with van der Waals surface area (Å²) >= 11 is 0. The first-order valence-corrected chi connectivity index (χ1v) is 5.29. The van der Waals surface area contributed by atoms with E-state index in [0.29, 0.717) is 17.0 Å². The molecule has 0 aliphatic rings. The number of H-pyrrole nitrogens is 1. The summed E-state index contributed by atoms with van der Waals surface area (Å²) in [5, 5.41) is 4.83. The Labute approximate surface area is 97.2 Å². The summed E-state index contributed by atoms with van der Waals surface area (Å²) in [6.07, 6.45) is 0.845. The minimum atomic E-state index is 0.619. The average molecular weight is 226 g/mol. The van der Waals surface area contributed by atoms with Crippen molar-refractivity contribution in [1.82, 2.24) is 10.1 Å². The number of nitrogens with zero attached hydrogens (tertiary/aromatic N) is 1.